The Morgan fingerprint density at radius 1 is 1.33 bits per heavy atom. The molecule has 1 aromatic carbocycles. The fourth-order valence-corrected chi connectivity index (χ4v) is 3.56. The molecule has 0 spiro atoms. The number of piperidine rings is 3. The lowest BCUT2D eigenvalue weighted by Crippen LogP contribution is -2.53. The molecule has 1 atom stereocenters. The Kier molecular flexibility index (Phi) is 4.09. The molecular formula is C16H22ClN3O. The molecule has 0 aliphatic carbocycles. The van der Waals surface area contributed by atoms with Gasteiger partial charge in [0.05, 0.1) is 5.56 Å². The van der Waals surface area contributed by atoms with Crippen molar-refractivity contribution in [2.45, 2.75) is 18.9 Å². The van der Waals surface area contributed by atoms with Crippen LogP contribution in [0.25, 0.3) is 0 Å². The van der Waals surface area contributed by atoms with Crippen LogP contribution in [-0.4, -0.2) is 55.5 Å². The van der Waals surface area contributed by atoms with Crippen LogP contribution in [0, 0.1) is 5.92 Å². The van der Waals surface area contributed by atoms with Crippen molar-refractivity contribution in [1.82, 2.24) is 9.80 Å². The van der Waals surface area contributed by atoms with E-state index in [4.69, 9.17) is 11.6 Å². The number of anilines is 1. The molecule has 21 heavy (non-hydrogen) atoms. The van der Waals surface area contributed by atoms with Crippen molar-refractivity contribution in [2.24, 2.45) is 5.92 Å². The molecule has 2 bridgehead atoms. The molecule has 3 aliphatic rings. The summed E-state index contributed by atoms with van der Waals surface area (Å²) in [5.74, 6) is 0.715. The SMILES string of the molecule is CN(C)C(=O)c1ccc(Cl)cc1NC1CN2CCC1CC2. The number of carbonyl (C=O) groups is 1. The Morgan fingerprint density at radius 2 is 2.05 bits per heavy atom. The number of amides is 1. The summed E-state index contributed by atoms with van der Waals surface area (Å²) >= 11 is 6.12. The molecule has 3 saturated heterocycles. The van der Waals surface area contributed by atoms with Gasteiger partial charge in [-0.3, -0.25) is 4.79 Å². The summed E-state index contributed by atoms with van der Waals surface area (Å²) in [6, 6.07) is 5.88. The van der Waals surface area contributed by atoms with Gasteiger partial charge in [0.15, 0.2) is 0 Å². The van der Waals surface area contributed by atoms with Crippen LogP contribution in [-0.2, 0) is 0 Å². The first-order valence-electron chi connectivity index (χ1n) is 7.54. The van der Waals surface area contributed by atoms with E-state index in [1.165, 1.54) is 25.9 Å². The van der Waals surface area contributed by atoms with Crippen LogP contribution in [0.4, 0.5) is 5.69 Å². The molecule has 0 saturated carbocycles. The van der Waals surface area contributed by atoms with Crippen molar-refractivity contribution in [1.29, 1.82) is 0 Å². The second-order valence-electron chi connectivity index (χ2n) is 6.28. The monoisotopic (exact) mass is 307 g/mol. The van der Waals surface area contributed by atoms with E-state index in [-0.39, 0.29) is 5.91 Å². The summed E-state index contributed by atoms with van der Waals surface area (Å²) in [6.45, 7) is 3.48. The van der Waals surface area contributed by atoms with Crippen molar-refractivity contribution < 1.29 is 4.79 Å². The van der Waals surface area contributed by atoms with Gasteiger partial charge in [-0.25, -0.2) is 0 Å². The third-order valence-electron chi connectivity index (χ3n) is 4.62. The van der Waals surface area contributed by atoms with Gasteiger partial charge in [-0.2, -0.15) is 0 Å². The first kappa shape index (κ1) is 14.7. The highest BCUT2D eigenvalue weighted by Gasteiger charge is 2.34. The Bertz CT molecular complexity index is 538. The van der Waals surface area contributed by atoms with Crippen molar-refractivity contribution >= 4 is 23.2 Å². The average molecular weight is 308 g/mol. The smallest absolute Gasteiger partial charge is 0.255 e. The van der Waals surface area contributed by atoms with Crippen molar-refractivity contribution in [3.05, 3.63) is 28.8 Å². The van der Waals surface area contributed by atoms with E-state index >= 15 is 0 Å². The predicted octanol–water partition coefficient (Wildman–Crippen LogP) is 2.55. The Labute approximate surface area is 131 Å². The third-order valence-corrected chi connectivity index (χ3v) is 4.85. The first-order valence-corrected chi connectivity index (χ1v) is 7.92. The summed E-state index contributed by atoms with van der Waals surface area (Å²) in [7, 11) is 3.55. The van der Waals surface area contributed by atoms with Crippen molar-refractivity contribution in [3.8, 4) is 0 Å². The summed E-state index contributed by atoms with van der Waals surface area (Å²) in [5, 5.41) is 4.25. The molecule has 1 unspecified atom stereocenters. The van der Waals surface area contributed by atoms with E-state index in [1.807, 2.05) is 12.1 Å². The Balaban J connectivity index is 1.84. The molecule has 114 valence electrons. The molecule has 3 aliphatic heterocycles. The highest BCUT2D eigenvalue weighted by Crippen LogP contribution is 2.31. The molecule has 4 nitrogen and oxygen atoms in total. The average Bonchev–Trinajstić information content (AvgIpc) is 2.48. The van der Waals surface area contributed by atoms with E-state index < -0.39 is 0 Å². The fourth-order valence-electron chi connectivity index (χ4n) is 3.39. The Hall–Kier alpha value is -1.26. The lowest BCUT2D eigenvalue weighted by atomic mass is 9.84. The minimum absolute atomic E-state index is 0.00967. The van der Waals surface area contributed by atoms with Gasteiger partial charge >= 0.3 is 0 Å². The lowest BCUT2D eigenvalue weighted by Gasteiger charge is -2.45. The third kappa shape index (κ3) is 3.01. The summed E-state index contributed by atoms with van der Waals surface area (Å²) in [4.78, 5) is 16.4. The van der Waals surface area contributed by atoms with Gasteiger partial charge in [-0.1, -0.05) is 11.6 Å². The van der Waals surface area contributed by atoms with Gasteiger partial charge in [0, 0.05) is 37.4 Å². The zero-order chi connectivity index (χ0) is 15.0. The summed E-state index contributed by atoms with van der Waals surface area (Å²) < 4.78 is 0. The van der Waals surface area contributed by atoms with Crippen LogP contribution in [0.5, 0.6) is 0 Å². The zero-order valence-corrected chi connectivity index (χ0v) is 13.4. The minimum Gasteiger partial charge on any atom is -0.380 e. The van der Waals surface area contributed by atoms with Gasteiger partial charge in [-0.05, 0) is 50.0 Å². The normalized spacial score (nSPS) is 27.5. The topological polar surface area (TPSA) is 35.6 Å². The van der Waals surface area contributed by atoms with Crippen LogP contribution in [0.3, 0.4) is 0 Å². The van der Waals surface area contributed by atoms with E-state index in [2.05, 4.69) is 10.2 Å². The number of hydrogen-bond donors (Lipinski definition) is 1. The number of nitrogens with zero attached hydrogens (tertiary/aromatic N) is 2. The lowest BCUT2D eigenvalue weighted by molar-refractivity contribution is 0.0827. The molecule has 0 radical (unpaired) electrons. The second kappa shape index (κ2) is 5.85. The van der Waals surface area contributed by atoms with E-state index in [9.17, 15) is 4.79 Å². The van der Waals surface area contributed by atoms with Crippen LogP contribution < -0.4 is 5.32 Å². The zero-order valence-electron chi connectivity index (χ0n) is 12.6. The number of nitrogens with one attached hydrogen (secondary N) is 1. The number of benzene rings is 1. The Morgan fingerprint density at radius 3 is 2.62 bits per heavy atom. The summed E-state index contributed by atoms with van der Waals surface area (Å²) in [6.07, 6.45) is 2.49. The van der Waals surface area contributed by atoms with Gasteiger partial charge in [-0.15, -0.1) is 0 Å². The van der Waals surface area contributed by atoms with Crippen molar-refractivity contribution in [3.63, 3.8) is 0 Å². The van der Waals surface area contributed by atoms with Crippen molar-refractivity contribution in [2.75, 3.05) is 39.0 Å². The van der Waals surface area contributed by atoms with Crippen LogP contribution in [0.1, 0.15) is 23.2 Å². The largest absolute Gasteiger partial charge is 0.380 e. The van der Waals surface area contributed by atoms with Gasteiger partial charge < -0.3 is 15.1 Å². The number of rotatable bonds is 3. The maximum absolute atomic E-state index is 12.3. The number of fused-ring (bicyclic) bond motifs is 3. The molecule has 3 heterocycles. The number of halogens is 1. The maximum atomic E-state index is 12.3. The fraction of sp³-hybridized carbons (Fsp3) is 0.562. The molecule has 1 amide bonds. The quantitative estimate of drug-likeness (QED) is 0.932. The predicted molar refractivity (Wildman–Crippen MR) is 86.0 cm³/mol. The molecule has 3 fully saturated rings. The van der Waals surface area contributed by atoms with E-state index in [1.54, 1.807) is 25.1 Å². The van der Waals surface area contributed by atoms with E-state index in [0.717, 1.165) is 12.2 Å². The van der Waals surface area contributed by atoms with Crippen LogP contribution in [0.15, 0.2) is 18.2 Å². The minimum atomic E-state index is 0.00967. The number of carbonyl (C=O) groups excluding carboxylic acids is 1. The van der Waals surface area contributed by atoms with Gasteiger partial charge in [0.1, 0.15) is 0 Å². The molecule has 5 heteroatoms. The highest BCUT2D eigenvalue weighted by atomic mass is 35.5. The summed E-state index contributed by atoms with van der Waals surface area (Å²) in [5.41, 5.74) is 1.56. The van der Waals surface area contributed by atoms with Crippen LogP contribution in [0.2, 0.25) is 5.02 Å². The first-order chi connectivity index (χ1) is 10.0. The number of hydrogen-bond acceptors (Lipinski definition) is 3. The molecule has 1 aromatic rings. The standard InChI is InChI=1S/C16H22ClN3O/c1-19(2)16(21)13-4-3-12(17)9-14(13)18-15-10-20-7-5-11(15)6-8-20/h3-4,9,11,15,18H,5-8,10H2,1-2H3. The maximum Gasteiger partial charge on any atom is 0.255 e. The molecule has 0 aromatic heterocycles. The molecular weight excluding hydrogens is 286 g/mol. The highest BCUT2D eigenvalue weighted by molar-refractivity contribution is 6.31. The molecule has 4 rings (SSSR count). The van der Waals surface area contributed by atoms with Gasteiger partial charge in [0.2, 0.25) is 0 Å². The van der Waals surface area contributed by atoms with Crippen LogP contribution >= 0.6 is 11.6 Å². The van der Waals surface area contributed by atoms with Gasteiger partial charge in [0.25, 0.3) is 5.91 Å². The second-order valence-corrected chi connectivity index (χ2v) is 6.71. The van der Waals surface area contributed by atoms with E-state index in [0.29, 0.717) is 22.5 Å². The molecule has 1 N–H and O–H groups in total.